The highest BCUT2D eigenvalue weighted by atomic mass is 79.9. The minimum atomic E-state index is -3.37. The first-order valence-corrected chi connectivity index (χ1v) is 9.23. The van der Waals surface area contributed by atoms with E-state index in [1.807, 2.05) is 0 Å². The van der Waals surface area contributed by atoms with E-state index in [9.17, 15) is 13.2 Å². The first-order chi connectivity index (χ1) is 9.96. The van der Waals surface area contributed by atoms with Crippen LogP contribution in [0, 0.1) is 0 Å². The van der Waals surface area contributed by atoms with Gasteiger partial charge in [-0.1, -0.05) is 15.9 Å². The van der Waals surface area contributed by atoms with E-state index in [0.29, 0.717) is 12.2 Å². The Hall–Kier alpha value is -1.12. The second-order valence-corrected chi connectivity index (χ2v) is 7.78. The number of fused-ring (bicyclic) bond motifs is 1. The van der Waals surface area contributed by atoms with Gasteiger partial charge in [0.2, 0.25) is 10.0 Å². The second kappa shape index (κ2) is 6.76. The van der Waals surface area contributed by atoms with Gasteiger partial charge in [-0.3, -0.25) is 9.52 Å². The number of aryl methyl sites for hydroxylation is 1. The molecular formula is C13H17BrN2O4S. The minimum Gasteiger partial charge on any atom is -0.375 e. The summed E-state index contributed by atoms with van der Waals surface area (Å²) in [4.78, 5) is 13.7. The molecule has 1 aliphatic heterocycles. The van der Waals surface area contributed by atoms with Crippen LogP contribution in [0.15, 0.2) is 18.2 Å². The number of hydrogen-bond acceptors (Lipinski definition) is 4. The highest BCUT2D eigenvalue weighted by Crippen LogP contribution is 2.30. The van der Waals surface area contributed by atoms with E-state index >= 15 is 0 Å². The molecule has 0 fully saturated rings. The van der Waals surface area contributed by atoms with Crippen LogP contribution in [0.1, 0.15) is 12.0 Å². The van der Waals surface area contributed by atoms with Crippen molar-refractivity contribution in [2.45, 2.75) is 12.8 Å². The Morgan fingerprint density at radius 1 is 1.48 bits per heavy atom. The van der Waals surface area contributed by atoms with Gasteiger partial charge in [0.15, 0.2) is 0 Å². The number of carbonyl (C=O) groups excluding carboxylic acids is 1. The number of halogens is 1. The van der Waals surface area contributed by atoms with E-state index in [-0.39, 0.29) is 17.2 Å². The second-order valence-electron chi connectivity index (χ2n) is 4.75. The van der Waals surface area contributed by atoms with Crippen LogP contribution in [0.2, 0.25) is 0 Å². The third kappa shape index (κ3) is 3.96. The zero-order valence-corrected chi connectivity index (χ0v) is 14.0. The number of anilines is 2. The molecule has 0 atom stereocenters. The fourth-order valence-corrected chi connectivity index (χ4v) is 3.21. The summed E-state index contributed by atoms with van der Waals surface area (Å²) in [7, 11) is -1.88. The maximum Gasteiger partial charge on any atom is 0.252 e. The summed E-state index contributed by atoms with van der Waals surface area (Å²) < 4.78 is 30.3. The number of carbonyl (C=O) groups is 1. The van der Waals surface area contributed by atoms with Crippen molar-refractivity contribution in [3.63, 3.8) is 0 Å². The Morgan fingerprint density at radius 3 is 2.90 bits per heavy atom. The first-order valence-electron chi connectivity index (χ1n) is 6.45. The molecule has 0 unspecified atom stereocenters. The van der Waals surface area contributed by atoms with E-state index < -0.39 is 10.0 Å². The molecule has 1 aromatic rings. The molecule has 0 saturated carbocycles. The van der Waals surface area contributed by atoms with Gasteiger partial charge in [-0.15, -0.1) is 0 Å². The van der Waals surface area contributed by atoms with Crippen molar-refractivity contribution < 1.29 is 17.9 Å². The molecule has 6 nitrogen and oxygen atoms in total. The number of nitrogens with zero attached hydrogens (tertiary/aromatic N) is 1. The predicted octanol–water partition coefficient (Wildman–Crippen LogP) is 1.71. The van der Waals surface area contributed by atoms with Crippen LogP contribution in [0.4, 0.5) is 11.4 Å². The number of methoxy groups -OCH3 is 1. The lowest BCUT2D eigenvalue weighted by atomic mass is 10.0. The fourth-order valence-electron chi connectivity index (χ4n) is 2.33. The SMILES string of the molecule is COCC(=O)N1CCCc2cc(NS(=O)(=O)CBr)ccc21. The van der Waals surface area contributed by atoms with Crippen LogP contribution in [0.5, 0.6) is 0 Å². The molecule has 0 aliphatic carbocycles. The van der Waals surface area contributed by atoms with Gasteiger partial charge in [-0.2, -0.15) is 0 Å². The Kier molecular flexibility index (Phi) is 5.23. The number of rotatable bonds is 5. The molecule has 1 aliphatic rings. The van der Waals surface area contributed by atoms with Crippen molar-refractivity contribution in [1.82, 2.24) is 0 Å². The Bertz CT molecular complexity index is 633. The van der Waals surface area contributed by atoms with Gasteiger partial charge < -0.3 is 9.64 Å². The van der Waals surface area contributed by atoms with Gasteiger partial charge in [0.25, 0.3) is 5.91 Å². The van der Waals surface area contributed by atoms with Crippen LogP contribution in [0.3, 0.4) is 0 Å². The lowest BCUT2D eigenvalue weighted by Crippen LogP contribution is -2.37. The highest BCUT2D eigenvalue weighted by Gasteiger charge is 2.22. The Labute approximate surface area is 132 Å². The summed E-state index contributed by atoms with van der Waals surface area (Å²) >= 11 is 2.93. The molecular weight excluding hydrogens is 360 g/mol. The lowest BCUT2D eigenvalue weighted by Gasteiger charge is -2.29. The van der Waals surface area contributed by atoms with Gasteiger partial charge in [0.05, 0.1) is 0 Å². The van der Waals surface area contributed by atoms with Crippen LogP contribution in [0.25, 0.3) is 0 Å². The number of ether oxygens (including phenoxy) is 1. The number of hydrogen-bond donors (Lipinski definition) is 1. The molecule has 1 aromatic carbocycles. The Morgan fingerprint density at radius 2 is 2.24 bits per heavy atom. The quantitative estimate of drug-likeness (QED) is 0.793. The summed E-state index contributed by atoms with van der Waals surface area (Å²) in [5, 5.41) is 0. The van der Waals surface area contributed by atoms with Gasteiger partial charge in [0.1, 0.15) is 11.3 Å². The van der Waals surface area contributed by atoms with E-state index in [1.54, 1.807) is 23.1 Å². The molecule has 116 valence electrons. The van der Waals surface area contributed by atoms with Crippen LogP contribution in [-0.2, 0) is 26.0 Å². The van der Waals surface area contributed by atoms with Gasteiger partial charge >= 0.3 is 0 Å². The lowest BCUT2D eigenvalue weighted by molar-refractivity contribution is -0.122. The zero-order valence-electron chi connectivity index (χ0n) is 11.6. The number of sulfonamides is 1. The summed E-state index contributed by atoms with van der Waals surface area (Å²) in [5.41, 5.74) is 2.29. The average molecular weight is 377 g/mol. The van der Waals surface area contributed by atoms with Crippen molar-refractivity contribution in [2.24, 2.45) is 0 Å². The summed E-state index contributed by atoms with van der Waals surface area (Å²) in [6, 6.07) is 5.22. The topological polar surface area (TPSA) is 75.7 Å². The summed E-state index contributed by atoms with van der Waals surface area (Å²) in [6.07, 6.45) is 1.66. The zero-order chi connectivity index (χ0) is 15.5. The van der Waals surface area contributed by atoms with Gasteiger partial charge in [0, 0.05) is 25.0 Å². The maximum atomic E-state index is 12.0. The van der Waals surface area contributed by atoms with Crippen LogP contribution in [-0.4, -0.2) is 39.2 Å². The largest absolute Gasteiger partial charge is 0.375 e. The van der Waals surface area contributed by atoms with Gasteiger partial charge in [-0.05, 0) is 36.6 Å². The molecule has 0 saturated heterocycles. The van der Waals surface area contributed by atoms with Crippen molar-refractivity contribution in [1.29, 1.82) is 0 Å². The molecule has 0 spiro atoms. The number of alkyl halides is 1. The van der Waals surface area contributed by atoms with Gasteiger partial charge in [-0.25, -0.2) is 8.42 Å². The number of nitrogens with one attached hydrogen (secondary N) is 1. The smallest absolute Gasteiger partial charge is 0.252 e. The predicted molar refractivity (Wildman–Crippen MR) is 85.3 cm³/mol. The monoisotopic (exact) mass is 376 g/mol. The molecule has 1 heterocycles. The third-order valence-corrected chi connectivity index (χ3v) is 5.83. The normalized spacial score (nSPS) is 14.7. The van der Waals surface area contributed by atoms with Crippen molar-refractivity contribution in [3.8, 4) is 0 Å². The molecule has 8 heteroatoms. The molecule has 21 heavy (non-hydrogen) atoms. The van der Waals surface area contributed by atoms with Crippen LogP contribution < -0.4 is 9.62 Å². The van der Waals surface area contributed by atoms with Crippen molar-refractivity contribution in [2.75, 3.05) is 34.5 Å². The number of amides is 1. The summed E-state index contributed by atoms with van der Waals surface area (Å²) in [5.74, 6) is -0.0905. The number of benzene rings is 1. The molecule has 0 bridgehead atoms. The average Bonchev–Trinajstić information content (AvgIpc) is 2.46. The summed E-state index contributed by atoms with van der Waals surface area (Å²) in [6.45, 7) is 0.694. The minimum absolute atomic E-state index is 0.0391. The molecule has 2 rings (SSSR count). The standard InChI is InChI=1S/C13H17BrN2O4S/c1-20-8-13(17)16-6-2-3-10-7-11(4-5-12(10)16)15-21(18,19)9-14/h4-5,7,15H,2-3,6,8-9H2,1H3. The first kappa shape index (κ1) is 16.3. The molecule has 1 amide bonds. The third-order valence-electron chi connectivity index (χ3n) is 3.18. The fraction of sp³-hybridized carbons (Fsp3) is 0.462. The van der Waals surface area contributed by atoms with E-state index in [1.165, 1.54) is 7.11 Å². The van der Waals surface area contributed by atoms with E-state index in [0.717, 1.165) is 24.1 Å². The maximum absolute atomic E-state index is 12.0. The van der Waals surface area contributed by atoms with E-state index in [4.69, 9.17) is 4.74 Å². The van der Waals surface area contributed by atoms with E-state index in [2.05, 4.69) is 20.7 Å². The Balaban J connectivity index is 2.26. The van der Waals surface area contributed by atoms with Crippen molar-refractivity contribution >= 4 is 43.2 Å². The molecule has 0 radical (unpaired) electrons. The van der Waals surface area contributed by atoms with Crippen LogP contribution >= 0.6 is 15.9 Å². The highest BCUT2D eigenvalue weighted by molar-refractivity contribution is 9.10. The molecule has 1 N–H and O–H groups in total. The molecule has 0 aromatic heterocycles. The van der Waals surface area contributed by atoms with Crippen molar-refractivity contribution in [3.05, 3.63) is 23.8 Å².